The molecule has 4 heteroatoms. The molecule has 0 amide bonds. The predicted octanol–water partition coefficient (Wildman–Crippen LogP) is 3.87. The maximum Gasteiger partial charge on any atom is 0.0676 e. The van der Waals surface area contributed by atoms with Crippen LogP contribution in [-0.2, 0) is 4.74 Å². The summed E-state index contributed by atoms with van der Waals surface area (Å²) in [4.78, 5) is 0. The molecule has 17 heavy (non-hydrogen) atoms. The summed E-state index contributed by atoms with van der Waals surface area (Å²) in [5, 5.41) is 0.737. The fraction of sp³-hybridized carbons (Fsp3) is 0.385. The number of rotatable bonds is 6. The van der Waals surface area contributed by atoms with Crippen LogP contribution in [0.2, 0.25) is 5.02 Å². The Morgan fingerprint density at radius 1 is 1.53 bits per heavy atom. The van der Waals surface area contributed by atoms with Crippen LogP contribution in [0.4, 0.5) is 0 Å². The Hall–Kier alpha value is -0.350. The van der Waals surface area contributed by atoms with Gasteiger partial charge in [-0.05, 0) is 42.7 Å². The molecule has 0 bridgehead atoms. The summed E-state index contributed by atoms with van der Waals surface area (Å²) < 4.78 is 6.16. The third-order valence-corrected chi connectivity index (χ3v) is 3.17. The topological polar surface area (TPSA) is 35.2 Å². The van der Waals surface area contributed by atoms with Crippen LogP contribution >= 0.6 is 27.5 Å². The SMILES string of the molecule is COC/C(=C/c1ccc(Br)cc1Cl)CCCN. The van der Waals surface area contributed by atoms with Crippen LogP contribution in [0.5, 0.6) is 0 Å². The molecule has 1 aromatic carbocycles. The lowest BCUT2D eigenvalue weighted by atomic mass is 10.1. The molecule has 0 spiro atoms. The van der Waals surface area contributed by atoms with Gasteiger partial charge in [-0.15, -0.1) is 0 Å². The van der Waals surface area contributed by atoms with Crippen molar-refractivity contribution in [1.29, 1.82) is 0 Å². The summed E-state index contributed by atoms with van der Waals surface area (Å²) >= 11 is 9.56. The largest absolute Gasteiger partial charge is 0.380 e. The van der Waals surface area contributed by atoms with Gasteiger partial charge in [0.05, 0.1) is 6.61 Å². The molecule has 0 fully saturated rings. The number of methoxy groups -OCH3 is 1. The molecule has 0 heterocycles. The van der Waals surface area contributed by atoms with Crippen molar-refractivity contribution in [2.45, 2.75) is 12.8 Å². The first-order valence-electron chi connectivity index (χ1n) is 5.51. The van der Waals surface area contributed by atoms with Gasteiger partial charge in [-0.3, -0.25) is 0 Å². The molecule has 0 aliphatic heterocycles. The van der Waals surface area contributed by atoms with Gasteiger partial charge in [-0.2, -0.15) is 0 Å². The van der Waals surface area contributed by atoms with Gasteiger partial charge in [-0.25, -0.2) is 0 Å². The average Bonchev–Trinajstić information content (AvgIpc) is 2.29. The van der Waals surface area contributed by atoms with Gasteiger partial charge in [0.15, 0.2) is 0 Å². The molecule has 1 aromatic rings. The lowest BCUT2D eigenvalue weighted by Crippen LogP contribution is -2.02. The maximum absolute atomic E-state index is 6.17. The normalized spacial score (nSPS) is 11.9. The predicted molar refractivity (Wildman–Crippen MR) is 77.3 cm³/mol. The van der Waals surface area contributed by atoms with E-state index in [9.17, 15) is 0 Å². The van der Waals surface area contributed by atoms with E-state index in [1.54, 1.807) is 7.11 Å². The quantitative estimate of drug-likeness (QED) is 0.864. The van der Waals surface area contributed by atoms with Gasteiger partial charge >= 0.3 is 0 Å². The van der Waals surface area contributed by atoms with Crippen molar-refractivity contribution >= 4 is 33.6 Å². The molecule has 0 saturated carbocycles. The number of benzene rings is 1. The molecule has 2 N–H and O–H groups in total. The molecular formula is C13H17BrClNO. The van der Waals surface area contributed by atoms with E-state index in [4.69, 9.17) is 22.1 Å². The Morgan fingerprint density at radius 2 is 2.29 bits per heavy atom. The number of ether oxygens (including phenoxy) is 1. The van der Waals surface area contributed by atoms with E-state index >= 15 is 0 Å². The van der Waals surface area contributed by atoms with E-state index in [1.807, 2.05) is 18.2 Å². The molecule has 0 saturated heterocycles. The number of nitrogens with two attached hydrogens (primary N) is 1. The number of halogens is 2. The van der Waals surface area contributed by atoms with Crippen LogP contribution in [0, 0.1) is 0 Å². The lowest BCUT2D eigenvalue weighted by molar-refractivity contribution is 0.223. The monoisotopic (exact) mass is 317 g/mol. The minimum Gasteiger partial charge on any atom is -0.380 e. The maximum atomic E-state index is 6.17. The molecule has 94 valence electrons. The van der Waals surface area contributed by atoms with Crippen LogP contribution in [0.1, 0.15) is 18.4 Å². The zero-order chi connectivity index (χ0) is 12.7. The highest BCUT2D eigenvalue weighted by atomic mass is 79.9. The minimum atomic E-state index is 0.617. The first kappa shape index (κ1) is 14.7. The second kappa shape index (κ2) is 7.88. The van der Waals surface area contributed by atoms with Crippen LogP contribution in [-0.4, -0.2) is 20.3 Å². The van der Waals surface area contributed by atoms with Crippen molar-refractivity contribution in [2.75, 3.05) is 20.3 Å². The Morgan fingerprint density at radius 3 is 2.88 bits per heavy atom. The van der Waals surface area contributed by atoms with Crippen LogP contribution in [0.25, 0.3) is 6.08 Å². The minimum absolute atomic E-state index is 0.617. The van der Waals surface area contributed by atoms with Crippen molar-refractivity contribution in [2.24, 2.45) is 5.73 Å². The highest BCUT2D eigenvalue weighted by Gasteiger charge is 2.02. The smallest absolute Gasteiger partial charge is 0.0676 e. The van der Waals surface area contributed by atoms with Gasteiger partial charge in [0.2, 0.25) is 0 Å². The van der Waals surface area contributed by atoms with E-state index < -0.39 is 0 Å². The van der Waals surface area contributed by atoms with Crippen molar-refractivity contribution < 1.29 is 4.74 Å². The lowest BCUT2D eigenvalue weighted by Gasteiger charge is -2.07. The highest BCUT2D eigenvalue weighted by molar-refractivity contribution is 9.10. The van der Waals surface area contributed by atoms with Gasteiger partial charge in [-0.1, -0.05) is 39.7 Å². The van der Waals surface area contributed by atoms with E-state index in [2.05, 4.69) is 22.0 Å². The third-order valence-electron chi connectivity index (χ3n) is 2.35. The van der Waals surface area contributed by atoms with E-state index in [0.717, 1.165) is 27.9 Å². The molecule has 0 atom stereocenters. The zero-order valence-electron chi connectivity index (χ0n) is 9.88. The molecule has 0 aromatic heterocycles. The van der Waals surface area contributed by atoms with Gasteiger partial charge in [0.25, 0.3) is 0 Å². The third kappa shape index (κ3) is 5.21. The van der Waals surface area contributed by atoms with Gasteiger partial charge in [0, 0.05) is 16.6 Å². The Labute approximate surface area is 116 Å². The molecule has 0 unspecified atom stereocenters. The van der Waals surface area contributed by atoms with Crippen molar-refractivity contribution in [1.82, 2.24) is 0 Å². The summed E-state index contributed by atoms with van der Waals surface area (Å²) in [6.45, 7) is 1.31. The average molecular weight is 319 g/mol. The molecule has 0 aliphatic carbocycles. The van der Waals surface area contributed by atoms with Crippen molar-refractivity contribution in [3.63, 3.8) is 0 Å². The van der Waals surface area contributed by atoms with Gasteiger partial charge < -0.3 is 10.5 Å². The van der Waals surface area contributed by atoms with Gasteiger partial charge in [0.1, 0.15) is 0 Å². The summed E-state index contributed by atoms with van der Waals surface area (Å²) in [5.74, 6) is 0. The second-order valence-electron chi connectivity index (χ2n) is 3.79. The number of hydrogen-bond acceptors (Lipinski definition) is 2. The van der Waals surface area contributed by atoms with E-state index in [-0.39, 0.29) is 0 Å². The summed E-state index contributed by atoms with van der Waals surface area (Å²) in [6, 6.07) is 5.86. The van der Waals surface area contributed by atoms with E-state index in [0.29, 0.717) is 13.2 Å². The van der Waals surface area contributed by atoms with Crippen LogP contribution in [0.3, 0.4) is 0 Å². The molecule has 0 aliphatic rings. The summed E-state index contributed by atoms with van der Waals surface area (Å²) in [6.07, 6.45) is 3.98. The molecule has 1 rings (SSSR count). The highest BCUT2D eigenvalue weighted by Crippen LogP contribution is 2.24. The standard InChI is InChI=1S/C13H17BrClNO/c1-17-9-10(3-2-6-16)7-11-4-5-12(14)8-13(11)15/h4-5,7-8H,2-3,6,9,16H2,1H3/b10-7+. The van der Waals surface area contributed by atoms with Crippen LogP contribution in [0.15, 0.2) is 28.2 Å². The van der Waals surface area contributed by atoms with Crippen molar-refractivity contribution in [3.8, 4) is 0 Å². The first-order valence-corrected chi connectivity index (χ1v) is 6.68. The van der Waals surface area contributed by atoms with Crippen molar-refractivity contribution in [3.05, 3.63) is 38.8 Å². The second-order valence-corrected chi connectivity index (χ2v) is 5.12. The molecular weight excluding hydrogens is 302 g/mol. The fourth-order valence-electron chi connectivity index (χ4n) is 1.54. The molecule has 2 nitrogen and oxygen atoms in total. The Kier molecular flexibility index (Phi) is 6.82. The van der Waals surface area contributed by atoms with Crippen LogP contribution < -0.4 is 5.73 Å². The fourth-order valence-corrected chi connectivity index (χ4v) is 2.27. The Balaban J connectivity index is 2.87. The summed E-state index contributed by atoms with van der Waals surface area (Å²) in [5.41, 5.74) is 7.74. The number of hydrogen-bond donors (Lipinski definition) is 1. The first-order chi connectivity index (χ1) is 8.17. The molecule has 0 radical (unpaired) electrons. The van der Waals surface area contributed by atoms with E-state index in [1.165, 1.54) is 5.57 Å². The zero-order valence-corrected chi connectivity index (χ0v) is 12.2. The Bertz CT molecular complexity index is 393. The summed E-state index contributed by atoms with van der Waals surface area (Å²) in [7, 11) is 1.69.